The Morgan fingerprint density at radius 3 is 2.75 bits per heavy atom. The van der Waals surface area contributed by atoms with Gasteiger partial charge in [-0.25, -0.2) is 0 Å². The summed E-state index contributed by atoms with van der Waals surface area (Å²) in [6, 6.07) is 12.3. The molecule has 0 heterocycles. The second kappa shape index (κ2) is 6.30. The number of rotatable bonds is 4. The van der Waals surface area contributed by atoms with Gasteiger partial charge >= 0.3 is 0 Å². The van der Waals surface area contributed by atoms with Crippen LogP contribution in [0.25, 0.3) is 0 Å². The number of anilines is 1. The number of halogens is 1. The molecular weight excluding hydrogens is 276 g/mol. The number of aromatic hydroxyl groups is 1. The maximum absolute atomic E-state index is 11.5. The van der Waals surface area contributed by atoms with Crippen molar-refractivity contribution < 1.29 is 9.90 Å². The largest absolute Gasteiger partial charge is 0.506 e. The Morgan fingerprint density at radius 2 is 2.00 bits per heavy atom. The molecule has 0 fully saturated rings. The molecule has 0 spiro atoms. The molecule has 0 aliphatic carbocycles. The van der Waals surface area contributed by atoms with Gasteiger partial charge in [0.15, 0.2) is 0 Å². The number of phenols is 1. The average molecular weight is 291 g/mol. The first kappa shape index (κ1) is 14.2. The van der Waals surface area contributed by atoms with Crippen LogP contribution in [0.2, 0.25) is 5.02 Å². The van der Waals surface area contributed by atoms with Gasteiger partial charge in [-0.1, -0.05) is 29.8 Å². The van der Waals surface area contributed by atoms with E-state index in [9.17, 15) is 9.90 Å². The molecule has 20 heavy (non-hydrogen) atoms. The predicted molar refractivity (Wildman–Crippen MR) is 80.3 cm³/mol. The van der Waals surface area contributed by atoms with E-state index in [1.165, 1.54) is 0 Å². The summed E-state index contributed by atoms with van der Waals surface area (Å²) in [5.74, 6) is -0.0663. The van der Waals surface area contributed by atoms with Crippen LogP contribution in [0.4, 0.5) is 5.69 Å². The van der Waals surface area contributed by atoms with Gasteiger partial charge in [-0.15, -0.1) is 0 Å². The second-order valence-corrected chi connectivity index (χ2v) is 4.67. The highest BCUT2D eigenvalue weighted by Gasteiger charge is 2.06. The monoisotopic (exact) mass is 290 g/mol. The Hall–Kier alpha value is -2.20. The zero-order chi connectivity index (χ0) is 14.5. The second-order valence-electron chi connectivity index (χ2n) is 4.26. The van der Waals surface area contributed by atoms with E-state index in [1.807, 2.05) is 6.07 Å². The van der Waals surface area contributed by atoms with Crippen molar-refractivity contribution in [3.8, 4) is 5.75 Å². The quantitative estimate of drug-likeness (QED) is 0.811. The third-order valence-electron chi connectivity index (χ3n) is 2.91. The summed E-state index contributed by atoms with van der Waals surface area (Å²) in [5, 5.41) is 15.9. The molecule has 0 unspecified atom stereocenters. The number of amides is 1. The number of para-hydroxylation sites is 1. The minimum Gasteiger partial charge on any atom is -0.506 e. The molecule has 0 aliphatic heterocycles. The summed E-state index contributed by atoms with van der Waals surface area (Å²) < 4.78 is 0. The van der Waals surface area contributed by atoms with Crippen molar-refractivity contribution in [3.63, 3.8) is 0 Å². The normalized spacial score (nSPS) is 10.1. The van der Waals surface area contributed by atoms with Gasteiger partial charge in [-0.2, -0.15) is 0 Å². The fourth-order valence-corrected chi connectivity index (χ4v) is 2.01. The lowest BCUT2D eigenvalue weighted by molar-refractivity contribution is 0.0963. The molecule has 2 aromatic carbocycles. The highest BCUT2D eigenvalue weighted by molar-refractivity contribution is 6.32. The lowest BCUT2D eigenvalue weighted by Crippen LogP contribution is -2.17. The Balaban J connectivity index is 2.11. The Kier molecular flexibility index (Phi) is 4.48. The average Bonchev–Trinajstić information content (AvgIpc) is 2.48. The van der Waals surface area contributed by atoms with E-state index in [4.69, 9.17) is 11.6 Å². The van der Waals surface area contributed by atoms with Gasteiger partial charge < -0.3 is 15.7 Å². The summed E-state index contributed by atoms with van der Waals surface area (Å²) in [7, 11) is 1.59. The number of carbonyl (C=O) groups is 1. The molecular formula is C15H15ClN2O2. The molecule has 0 saturated carbocycles. The van der Waals surface area contributed by atoms with Crippen LogP contribution in [0, 0.1) is 0 Å². The highest BCUT2D eigenvalue weighted by atomic mass is 35.5. The zero-order valence-electron chi connectivity index (χ0n) is 11.0. The van der Waals surface area contributed by atoms with Crippen LogP contribution in [0.1, 0.15) is 15.9 Å². The van der Waals surface area contributed by atoms with Crippen molar-refractivity contribution in [2.45, 2.75) is 6.54 Å². The Bertz CT molecular complexity index is 629. The predicted octanol–water partition coefficient (Wildman–Crippen LogP) is 3.02. The van der Waals surface area contributed by atoms with Crippen molar-refractivity contribution in [1.82, 2.24) is 5.32 Å². The molecule has 0 atom stereocenters. The number of nitrogens with one attached hydrogen (secondary N) is 2. The van der Waals surface area contributed by atoms with Gasteiger partial charge in [0, 0.05) is 30.4 Å². The van der Waals surface area contributed by atoms with Gasteiger partial charge in [0.05, 0.1) is 5.02 Å². The number of hydrogen-bond donors (Lipinski definition) is 3. The third kappa shape index (κ3) is 3.22. The van der Waals surface area contributed by atoms with E-state index >= 15 is 0 Å². The number of benzene rings is 2. The minimum absolute atomic E-state index is 0.0733. The van der Waals surface area contributed by atoms with Gasteiger partial charge in [-0.3, -0.25) is 4.79 Å². The summed E-state index contributed by atoms with van der Waals surface area (Å²) in [6.07, 6.45) is 0. The van der Waals surface area contributed by atoms with E-state index in [1.54, 1.807) is 43.4 Å². The van der Waals surface area contributed by atoms with E-state index < -0.39 is 0 Å². The molecule has 1 amide bonds. The first-order valence-corrected chi connectivity index (χ1v) is 6.52. The Labute approximate surface area is 122 Å². The maximum Gasteiger partial charge on any atom is 0.251 e. The molecule has 0 saturated heterocycles. The highest BCUT2D eigenvalue weighted by Crippen LogP contribution is 2.27. The van der Waals surface area contributed by atoms with Crippen LogP contribution in [-0.4, -0.2) is 18.1 Å². The van der Waals surface area contributed by atoms with Crippen molar-refractivity contribution in [2.24, 2.45) is 0 Å². The maximum atomic E-state index is 11.5. The van der Waals surface area contributed by atoms with Crippen molar-refractivity contribution >= 4 is 23.2 Å². The van der Waals surface area contributed by atoms with Crippen LogP contribution in [-0.2, 0) is 6.54 Å². The molecule has 0 bridgehead atoms. The fraction of sp³-hybridized carbons (Fsp3) is 0.133. The van der Waals surface area contributed by atoms with E-state index in [-0.39, 0.29) is 11.7 Å². The van der Waals surface area contributed by atoms with Gasteiger partial charge in [-0.05, 0) is 24.3 Å². The van der Waals surface area contributed by atoms with E-state index in [0.29, 0.717) is 22.7 Å². The van der Waals surface area contributed by atoms with Crippen molar-refractivity contribution in [3.05, 3.63) is 58.6 Å². The molecule has 4 nitrogen and oxygen atoms in total. The SMILES string of the molecule is CNC(=O)c1cccc(NCc2cccc(Cl)c2O)c1. The Morgan fingerprint density at radius 1 is 1.25 bits per heavy atom. The first-order chi connectivity index (χ1) is 9.61. The van der Waals surface area contributed by atoms with Crippen LogP contribution in [0.5, 0.6) is 5.75 Å². The summed E-state index contributed by atoms with van der Waals surface area (Å²) in [4.78, 5) is 11.5. The van der Waals surface area contributed by atoms with Crippen molar-refractivity contribution in [1.29, 1.82) is 0 Å². The lowest BCUT2D eigenvalue weighted by atomic mass is 10.1. The third-order valence-corrected chi connectivity index (χ3v) is 3.21. The molecule has 3 N–H and O–H groups in total. The topological polar surface area (TPSA) is 61.4 Å². The van der Waals surface area contributed by atoms with E-state index in [0.717, 1.165) is 5.69 Å². The van der Waals surface area contributed by atoms with Crippen LogP contribution in [0.3, 0.4) is 0 Å². The molecule has 5 heteroatoms. The smallest absolute Gasteiger partial charge is 0.251 e. The van der Waals surface area contributed by atoms with Crippen molar-refractivity contribution in [2.75, 3.05) is 12.4 Å². The molecule has 2 aromatic rings. The van der Waals surface area contributed by atoms with Gasteiger partial charge in [0.25, 0.3) is 5.91 Å². The molecule has 2 rings (SSSR count). The fourth-order valence-electron chi connectivity index (χ4n) is 1.81. The van der Waals surface area contributed by atoms with Crippen LogP contribution in [0.15, 0.2) is 42.5 Å². The standard InChI is InChI=1S/C15H15ClN2O2/c1-17-15(20)10-4-2-6-12(8-10)18-9-11-5-3-7-13(16)14(11)19/h2-8,18-19H,9H2,1H3,(H,17,20). The molecule has 0 radical (unpaired) electrons. The van der Waals surface area contributed by atoms with Gasteiger partial charge in [0.2, 0.25) is 0 Å². The summed E-state index contributed by atoms with van der Waals surface area (Å²) >= 11 is 5.85. The number of phenolic OH excluding ortho intramolecular Hbond substituents is 1. The van der Waals surface area contributed by atoms with Crippen LogP contribution >= 0.6 is 11.6 Å². The summed E-state index contributed by atoms with van der Waals surface area (Å²) in [6.45, 7) is 0.420. The minimum atomic E-state index is -0.140. The zero-order valence-corrected chi connectivity index (χ0v) is 11.7. The molecule has 0 aliphatic rings. The molecule has 104 valence electrons. The molecule has 0 aromatic heterocycles. The summed E-state index contributed by atoms with van der Waals surface area (Å²) in [5.41, 5.74) is 2.07. The van der Waals surface area contributed by atoms with Gasteiger partial charge in [0.1, 0.15) is 5.75 Å². The van der Waals surface area contributed by atoms with E-state index in [2.05, 4.69) is 10.6 Å². The first-order valence-electron chi connectivity index (χ1n) is 6.14. The number of carbonyl (C=O) groups excluding carboxylic acids is 1. The number of hydrogen-bond acceptors (Lipinski definition) is 3. The lowest BCUT2D eigenvalue weighted by Gasteiger charge is -2.10. The van der Waals surface area contributed by atoms with Crippen LogP contribution < -0.4 is 10.6 Å².